The Bertz CT molecular complexity index is 494. The van der Waals surface area contributed by atoms with E-state index in [2.05, 4.69) is 5.14 Å². The van der Waals surface area contributed by atoms with Gasteiger partial charge in [-0.15, -0.1) is 0 Å². The van der Waals surface area contributed by atoms with Gasteiger partial charge in [-0.2, -0.15) is 0 Å². The van der Waals surface area contributed by atoms with Gasteiger partial charge in [-0.05, 0) is 6.07 Å². The number of halogens is 2. The van der Waals surface area contributed by atoms with Crippen LogP contribution >= 0.6 is 0 Å². The molecular weight excluding hydrogens is 218 g/mol. The maximum atomic E-state index is 12.2. The fourth-order valence-electron chi connectivity index (χ4n) is 0.874. The van der Waals surface area contributed by atoms with Gasteiger partial charge in [-0.25, -0.2) is 22.3 Å². The van der Waals surface area contributed by atoms with Gasteiger partial charge in [0.05, 0.1) is 5.56 Å². The molecule has 1 rings (SSSR count). The molecule has 1 aromatic rings. The maximum Gasteiger partial charge on any atom is 0.266 e. The summed E-state index contributed by atoms with van der Waals surface area (Å²) in [6, 6.07) is 1.53. The van der Waals surface area contributed by atoms with Crippen LogP contribution in [0, 0.1) is 0 Å². The van der Waals surface area contributed by atoms with E-state index in [4.69, 9.17) is 0 Å². The van der Waals surface area contributed by atoms with Crippen molar-refractivity contribution in [2.45, 2.75) is 11.5 Å². The fraction of sp³-hybridized carbons (Fsp3) is 0.167. The van der Waals surface area contributed by atoms with E-state index in [0.717, 1.165) is 12.1 Å². The van der Waals surface area contributed by atoms with Crippen molar-refractivity contribution in [3.8, 4) is 0 Å². The number of sulfonamides is 1. The summed E-state index contributed by atoms with van der Waals surface area (Å²) in [5.74, 6) is 0. The van der Waals surface area contributed by atoms with Crippen LogP contribution in [0.3, 0.4) is 0 Å². The minimum Gasteiger partial charge on any atom is -0.311 e. The summed E-state index contributed by atoms with van der Waals surface area (Å²) < 4.78 is 46.1. The molecule has 0 aromatic carbocycles. The summed E-state index contributed by atoms with van der Waals surface area (Å²) in [6.45, 7) is 0. The van der Waals surface area contributed by atoms with E-state index in [9.17, 15) is 22.0 Å². The lowest BCUT2D eigenvalue weighted by Gasteiger charge is -2.04. The Labute approximate surface area is 77.6 Å². The van der Waals surface area contributed by atoms with Crippen LogP contribution in [0.25, 0.3) is 0 Å². The topological polar surface area (TPSA) is 93.0 Å². The van der Waals surface area contributed by atoms with Crippen LogP contribution in [-0.2, 0) is 10.0 Å². The van der Waals surface area contributed by atoms with Crippen molar-refractivity contribution < 1.29 is 17.2 Å². The van der Waals surface area contributed by atoms with Crippen LogP contribution < -0.4 is 10.7 Å². The molecule has 0 aliphatic carbocycles. The highest BCUT2D eigenvalue weighted by molar-refractivity contribution is 7.89. The summed E-state index contributed by atoms with van der Waals surface area (Å²) in [4.78, 5) is 12.4. The number of pyridine rings is 1. The van der Waals surface area contributed by atoms with Crippen molar-refractivity contribution in [3.63, 3.8) is 0 Å². The average molecular weight is 224 g/mol. The molecule has 3 N–H and O–H groups in total. The SMILES string of the molecule is NS(=O)(=O)c1[nH]c(=O)ccc1C(F)F. The Hall–Kier alpha value is -1.28. The molecule has 0 amide bonds. The van der Waals surface area contributed by atoms with Crippen LogP contribution in [0.2, 0.25) is 0 Å². The summed E-state index contributed by atoms with van der Waals surface area (Å²) in [7, 11) is -4.34. The number of aromatic amines is 1. The second-order valence-corrected chi connectivity index (χ2v) is 3.95. The molecule has 0 saturated heterocycles. The lowest BCUT2D eigenvalue weighted by molar-refractivity contribution is 0.147. The van der Waals surface area contributed by atoms with Gasteiger partial charge >= 0.3 is 0 Å². The molecule has 14 heavy (non-hydrogen) atoms. The molecule has 8 heteroatoms. The third kappa shape index (κ3) is 2.15. The maximum absolute atomic E-state index is 12.2. The highest BCUT2D eigenvalue weighted by atomic mass is 32.2. The standard InChI is InChI=1S/C6H6F2N2O3S/c7-5(8)3-1-2-4(11)10-6(3)14(9,12)13/h1-2,5H,(H,10,11)(H2,9,12,13). The van der Waals surface area contributed by atoms with Crippen LogP contribution in [0.4, 0.5) is 8.78 Å². The first-order valence-electron chi connectivity index (χ1n) is 3.36. The molecule has 0 fully saturated rings. The number of aromatic nitrogens is 1. The Morgan fingerprint density at radius 3 is 2.36 bits per heavy atom. The molecule has 1 heterocycles. The van der Waals surface area contributed by atoms with Crippen LogP contribution in [0.5, 0.6) is 0 Å². The normalized spacial score (nSPS) is 12.0. The largest absolute Gasteiger partial charge is 0.311 e. The van der Waals surface area contributed by atoms with Crippen molar-refractivity contribution in [2.24, 2.45) is 5.14 Å². The molecular formula is C6H6F2N2O3S. The average Bonchev–Trinajstić information content (AvgIpc) is 2.01. The molecule has 0 aliphatic rings. The quantitative estimate of drug-likeness (QED) is 0.738. The molecule has 0 bridgehead atoms. The van der Waals surface area contributed by atoms with E-state index in [1.165, 1.54) is 0 Å². The third-order valence-corrected chi connectivity index (χ3v) is 2.34. The molecule has 0 spiro atoms. The Morgan fingerprint density at radius 2 is 1.93 bits per heavy atom. The monoisotopic (exact) mass is 224 g/mol. The van der Waals surface area contributed by atoms with Crippen molar-refractivity contribution in [3.05, 3.63) is 28.0 Å². The summed E-state index contributed by atoms with van der Waals surface area (Å²) in [5, 5.41) is 3.69. The summed E-state index contributed by atoms with van der Waals surface area (Å²) in [6.07, 6.45) is -3.01. The zero-order chi connectivity index (χ0) is 10.9. The van der Waals surface area contributed by atoms with E-state index in [0.29, 0.717) is 0 Å². The number of alkyl halides is 2. The number of hydrogen-bond donors (Lipinski definition) is 2. The van der Waals surface area contributed by atoms with Crippen molar-refractivity contribution >= 4 is 10.0 Å². The Morgan fingerprint density at radius 1 is 1.36 bits per heavy atom. The number of primary sulfonamides is 1. The summed E-state index contributed by atoms with van der Waals surface area (Å²) in [5.41, 5.74) is -1.62. The first-order valence-corrected chi connectivity index (χ1v) is 4.91. The van der Waals surface area contributed by atoms with Crippen LogP contribution in [0.15, 0.2) is 22.0 Å². The number of nitrogens with two attached hydrogens (primary N) is 1. The number of hydrogen-bond acceptors (Lipinski definition) is 3. The van der Waals surface area contributed by atoms with Gasteiger partial charge in [0.15, 0.2) is 5.03 Å². The van der Waals surface area contributed by atoms with Gasteiger partial charge in [-0.3, -0.25) is 4.79 Å². The zero-order valence-corrected chi connectivity index (χ0v) is 7.51. The van der Waals surface area contributed by atoms with E-state index in [-0.39, 0.29) is 0 Å². The molecule has 0 unspecified atom stereocenters. The van der Waals surface area contributed by atoms with Gasteiger partial charge in [0.1, 0.15) is 0 Å². The number of H-pyrrole nitrogens is 1. The van der Waals surface area contributed by atoms with Crippen molar-refractivity contribution in [2.75, 3.05) is 0 Å². The predicted octanol–water partition coefficient (Wildman–Crippen LogP) is -0.0401. The van der Waals surface area contributed by atoms with E-state index in [1.807, 2.05) is 0 Å². The molecule has 78 valence electrons. The van der Waals surface area contributed by atoms with E-state index < -0.39 is 32.6 Å². The molecule has 0 atom stereocenters. The second kappa shape index (κ2) is 3.46. The van der Waals surface area contributed by atoms with Crippen LogP contribution in [-0.4, -0.2) is 13.4 Å². The molecule has 5 nitrogen and oxygen atoms in total. The first kappa shape index (κ1) is 10.8. The first-order chi connectivity index (χ1) is 6.32. The Kier molecular flexibility index (Phi) is 2.67. The smallest absolute Gasteiger partial charge is 0.266 e. The predicted molar refractivity (Wildman–Crippen MR) is 43.4 cm³/mol. The Balaban J connectivity index is 3.54. The molecule has 0 aliphatic heterocycles. The van der Waals surface area contributed by atoms with Gasteiger partial charge in [0.2, 0.25) is 5.56 Å². The second-order valence-electron chi connectivity index (χ2n) is 2.45. The zero-order valence-electron chi connectivity index (χ0n) is 6.70. The molecule has 0 radical (unpaired) electrons. The lowest BCUT2D eigenvalue weighted by Crippen LogP contribution is -2.21. The van der Waals surface area contributed by atoms with Crippen molar-refractivity contribution in [1.29, 1.82) is 0 Å². The fourth-order valence-corrected chi connectivity index (χ4v) is 1.60. The van der Waals surface area contributed by atoms with Crippen molar-refractivity contribution in [1.82, 2.24) is 4.98 Å². The lowest BCUT2D eigenvalue weighted by atomic mass is 10.3. The molecule has 1 aromatic heterocycles. The van der Waals surface area contributed by atoms with E-state index >= 15 is 0 Å². The van der Waals surface area contributed by atoms with Gasteiger partial charge in [0, 0.05) is 6.07 Å². The van der Waals surface area contributed by atoms with Crippen LogP contribution in [0.1, 0.15) is 12.0 Å². The highest BCUT2D eigenvalue weighted by Crippen LogP contribution is 2.22. The number of rotatable bonds is 2. The summed E-state index contributed by atoms with van der Waals surface area (Å²) >= 11 is 0. The van der Waals surface area contributed by atoms with E-state index in [1.54, 1.807) is 4.98 Å². The van der Waals surface area contributed by atoms with Gasteiger partial charge in [0.25, 0.3) is 16.4 Å². The van der Waals surface area contributed by atoms with Gasteiger partial charge < -0.3 is 4.98 Å². The minimum absolute atomic E-state index is 0.725. The van der Waals surface area contributed by atoms with Gasteiger partial charge in [-0.1, -0.05) is 0 Å². The third-order valence-electron chi connectivity index (χ3n) is 1.43. The molecule has 0 saturated carbocycles. The highest BCUT2D eigenvalue weighted by Gasteiger charge is 2.21. The number of nitrogens with one attached hydrogen (secondary N) is 1. The minimum atomic E-state index is -4.34.